The Hall–Kier alpha value is -4.20. The number of hydrogen-bond donors (Lipinski definition) is 2. The van der Waals surface area contributed by atoms with Crippen molar-refractivity contribution >= 4 is 23.2 Å². The third-order valence-corrected chi connectivity index (χ3v) is 4.33. The highest BCUT2D eigenvalue weighted by atomic mass is 16.5. The van der Waals surface area contributed by atoms with Crippen molar-refractivity contribution in [2.24, 2.45) is 0 Å². The van der Waals surface area contributed by atoms with Crippen LogP contribution in [0.25, 0.3) is 0 Å². The summed E-state index contributed by atoms with van der Waals surface area (Å²) in [7, 11) is 3.05. The molecule has 0 atom stereocenters. The van der Waals surface area contributed by atoms with Gasteiger partial charge in [0.25, 0.3) is 11.8 Å². The number of anilines is 2. The Morgan fingerprint density at radius 1 is 0.594 bits per heavy atom. The maximum atomic E-state index is 12.4. The van der Waals surface area contributed by atoms with E-state index in [-0.39, 0.29) is 25.0 Å². The van der Waals surface area contributed by atoms with Gasteiger partial charge in [-0.25, -0.2) is 0 Å². The molecule has 2 amide bonds. The summed E-state index contributed by atoms with van der Waals surface area (Å²) in [4.78, 5) is 24.8. The van der Waals surface area contributed by atoms with Crippen molar-refractivity contribution in [1.82, 2.24) is 0 Å². The van der Waals surface area contributed by atoms with E-state index in [2.05, 4.69) is 10.6 Å². The number of methoxy groups -OCH3 is 2. The predicted molar refractivity (Wildman–Crippen MR) is 121 cm³/mol. The van der Waals surface area contributed by atoms with E-state index in [0.29, 0.717) is 34.4 Å². The second-order valence-corrected chi connectivity index (χ2v) is 6.52. The average molecular weight is 436 g/mol. The molecule has 0 saturated heterocycles. The van der Waals surface area contributed by atoms with Crippen molar-refractivity contribution in [3.8, 4) is 23.0 Å². The Balaban J connectivity index is 1.56. The molecule has 0 unspecified atom stereocenters. The van der Waals surface area contributed by atoms with Crippen LogP contribution in [0.4, 0.5) is 11.4 Å². The van der Waals surface area contributed by atoms with Crippen LogP contribution in [0.2, 0.25) is 0 Å². The molecule has 2 N–H and O–H groups in total. The van der Waals surface area contributed by atoms with Gasteiger partial charge in [0.15, 0.2) is 36.2 Å². The van der Waals surface area contributed by atoms with E-state index in [1.54, 1.807) is 60.7 Å². The van der Waals surface area contributed by atoms with Crippen LogP contribution in [-0.4, -0.2) is 39.2 Å². The van der Waals surface area contributed by atoms with E-state index in [1.807, 2.05) is 12.1 Å². The van der Waals surface area contributed by atoms with Gasteiger partial charge in [0, 0.05) is 0 Å². The van der Waals surface area contributed by atoms with Gasteiger partial charge in [-0.1, -0.05) is 36.4 Å². The summed E-state index contributed by atoms with van der Waals surface area (Å²) >= 11 is 0. The molecule has 32 heavy (non-hydrogen) atoms. The second kappa shape index (κ2) is 11.3. The summed E-state index contributed by atoms with van der Waals surface area (Å²) < 4.78 is 21.5. The highest BCUT2D eigenvalue weighted by Gasteiger charge is 2.12. The van der Waals surface area contributed by atoms with Gasteiger partial charge in [-0.2, -0.15) is 0 Å². The third kappa shape index (κ3) is 6.15. The van der Waals surface area contributed by atoms with E-state index >= 15 is 0 Å². The standard InChI is InChI=1S/C24H24N2O6/c1-29-19-11-5-7-13-21(19)31-15-23(27)25-17-9-3-4-10-18(17)26-24(28)16-32-22-14-8-6-12-20(22)30-2/h3-14H,15-16H2,1-2H3,(H,25,27)(H,26,28). The largest absolute Gasteiger partial charge is 0.493 e. The van der Waals surface area contributed by atoms with Crippen LogP contribution < -0.4 is 29.6 Å². The van der Waals surface area contributed by atoms with E-state index in [1.165, 1.54) is 14.2 Å². The molecular formula is C24H24N2O6. The molecule has 3 rings (SSSR count). The molecule has 0 saturated carbocycles. The van der Waals surface area contributed by atoms with Gasteiger partial charge in [0.05, 0.1) is 25.6 Å². The SMILES string of the molecule is COc1ccccc1OCC(=O)Nc1ccccc1NC(=O)COc1ccccc1OC. The number of rotatable bonds is 10. The molecule has 0 fully saturated rings. The molecule has 3 aromatic rings. The molecule has 0 aliphatic carbocycles. The number of carbonyl (C=O) groups is 2. The van der Waals surface area contributed by atoms with Crippen LogP contribution in [0.3, 0.4) is 0 Å². The number of hydrogen-bond acceptors (Lipinski definition) is 6. The monoisotopic (exact) mass is 436 g/mol. The Morgan fingerprint density at radius 3 is 1.31 bits per heavy atom. The first-order chi connectivity index (χ1) is 15.6. The van der Waals surface area contributed by atoms with Gasteiger partial charge in [-0.15, -0.1) is 0 Å². The van der Waals surface area contributed by atoms with E-state index in [9.17, 15) is 9.59 Å². The summed E-state index contributed by atoms with van der Waals surface area (Å²) in [6, 6.07) is 20.9. The Bertz CT molecular complexity index is 985. The van der Waals surface area contributed by atoms with Gasteiger partial charge in [-0.05, 0) is 36.4 Å². The molecule has 8 heteroatoms. The fourth-order valence-electron chi connectivity index (χ4n) is 2.84. The lowest BCUT2D eigenvalue weighted by Gasteiger charge is -2.14. The summed E-state index contributed by atoms with van der Waals surface area (Å²) in [5, 5.41) is 5.47. The number of ether oxygens (including phenoxy) is 4. The minimum absolute atomic E-state index is 0.223. The van der Waals surface area contributed by atoms with E-state index in [4.69, 9.17) is 18.9 Å². The number of para-hydroxylation sites is 6. The van der Waals surface area contributed by atoms with Crippen molar-refractivity contribution < 1.29 is 28.5 Å². The minimum Gasteiger partial charge on any atom is -0.493 e. The second-order valence-electron chi connectivity index (χ2n) is 6.52. The first-order valence-corrected chi connectivity index (χ1v) is 9.81. The lowest BCUT2D eigenvalue weighted by molar-refractivity contribution is -0.119. The highest BCUT2D eigenvalue weighted by Crippen LogP contribution is 2.27. The number of amides is 2. The number of carbonyl (C=O) groups excluding carboxylic acids is 2. The van der Waals surface area contributed by atoms with Crippen LogP contribution in [0.1, 0.15) is 0 Å². The molecule has 0 aliphatic heterocycles. The van der Waals surface area contributed by atoms with Gasteiger partial charge in [0.2, 0.25) is 0 Å². The van der Waals surface area contributed by atoms with Gasteiger partial charge >= 0.3 is 0 Å². The molecule has 166 valence electrons. The zero-order valence-corrected chi connectivity index (χ0v) is 17.8. The average Bonchev–Trinajstić information content (AvgIpc) is 2.83. The topological polar surface area (TPSA) is 95.1 Å². The third-order valence-electron chi connectivity index (χ3n) is 4.33. The molecule has 0 bridgehead atoms. The van der Waals surface area contributed by atoms with E-state index < -0.39 is 0 Å². The summed E-state index contributed by atoms with van der Waals surface area (Å²) in [6.07, 6.45) is 0. The van der Waals surface area contributed by atoms with Crippen molar-refractivity contribution in [1.29, 1.82) is 0 Å². The first kappa shape index (κ1) is 22.5. The molecule has 8 nitrogen and oxygen atoms in total. The fraction of sp³-hybridized carbons (Fsp3) is 0.167. The van der Waals surface area contributed by atoms with Crippen molar-refractivity contribution in [3.63, 3.8) is 0 Å². The van der Waals surface area contributed by atoms with Crippen LogP contribution >= 0.6 is 0 Å². The molecule has 0 aliphatic rings. The van der Waals surface area contributed by atoms with Crippen molar-refractivity contribution in [3.05, 3.63) is 72.8 Å². The highest BCUT2D eigenvalue weighted by molar-refractivity contribution is 6.00. The Kier molecular flexibility index (Phi) is 7.91. The zero-order valence-electron chi connectivity index (χ0n) is 17.8. The minimum atomic E-state index is -0.386. The molecule has 0 spiro atoms. The zero-order chi connectivity index (χ0) is 22.8. The van der Waals surface area contributed by atoms with Crippen molar-refractivity contribution in [2.45, 2.75) is 0 Å². The lowest BCUT2D eigenvalue weighted by Crippen LogP contribution is -2.23. The maximum Gasteiger partial charge on any atom is 0.262 e. The Morgan fingerprint density at radius 2 is 0.938 bits per heavy atom. The number of benzene rings is 3. The van der Waals surface area contributed by atoms with Crippen LogP contribution in [0.15, 0.2) is 72.8 Å². The molecule has 0 heterocycles. The summed E-state index contributed by atoms with van der Waals surface area (Å²) in [5.74, 6) is 1.21. The number of nitrogens with one attached hydrogen (secondary N) is 2. The predicted octanol–water partition coefficient (Wildman–Crippen LogP) is 3.74. The lowest BCUT2D eigenvalue weighted by atomic mass is 10.2. The van der Waals surface area contributed by atoms with Gasteiger partial charge < -0.3 is 29.6 Å². The molecule has 3 aromatic carbocycles. The molecule has 0 radical (unpaired) electrons. The smallest absolute Gasteiger partial charge is 0.262 e. The van der Waals surface area contributed by atoms with Crippen LogP contribution in [0.5, 0.6) is 23.0 Å². The maximum absolute atomic E-state index is 12.4. The summed E-state index contributed by atoms with van der Waals surface area (Å²) in [6.45, 7) is -0.445. The quantitative estimate of drug-likeness (QED) is 0.503. The molecular weight excluding hydrogens is 412 g/mol. The van der Waals surface area contributed by atoms with Gasteiger partial charge in [0.1, 0.15) is 0 Å². The normalized spacial score (nSPS) is 10.1. The Labute approximate surface area is 186 Å². The van der Waals surface area contributed by atoms with Crippen LogP contribution in [-0.2, 0) is 9.59 Å². The van der Waals surface area contributed by atoms with Crippen molar-refractivity contribution in [2.75, 3.05) is 38.1 Å². The fourth-order valence-corrected chi connectivity index (χ4v) is 2.84. The first-order valence-electron chi connectivity index (χ1n) is 9.81. The van der Waals surface area contributed by atoms with Crippen LogP contribution in [0, 0.1) is 0 Å². The van der Waals surface area contributed by atoms with Gasteiger partial charge in [-0.3, -0.25) is 9.59 Å². The van der Waals surface area contributed by atoms with E-state index in [0.717, 1.165) is 0 Å². The molecule has 0 aromatic heterocycles. The summed E-state index contributed by atoms with van der Waals surface area (Å²) in [5.41, 5.74) is 0.874.